The van der Waals surface area contributed by atoms with E-state index in [0.29, 0.717) is 18.3 Å². The second kappa shape index (κ2) is 6.02. The highest BCUT2D eigenvalue weighted by Crippen LogP contribution is 2.27. The predicted octanol–water partition coefficient (Wildman–Crippen LogP) is 2.94. The first-order chi connectivity index (χ1) is 9.11. The van der Waals surface area contributed by atoms with Gasteiger partial charge in [-0.05, 0) is 31.0 Å². The van der Waals surface area contributed by atoms with E-state index in [-0.39, 0.29) is 10.6 Å². The van der Waals surface area contributed by atoms with Crippen molar-refractivity contribution in [2.75, 3.05) is 12.3 Å². The second-order valence-electron chi connectivity index (χ2n) is 5.14. The average molecular weight is 263 g/mol. The van der Waals surface area contributed by atoms with E-state index < -0.39 is 0 Å². The molecule has 104 valence electrons. The minimum Gasteiger partial charge on any atom is -0.398 e. The standard InChI is InChI=1S/C14H21N3O2/c1-2-16(12-5-3-4-6-12)10-11-9-13(17(18)19)7-8-14(11)15/h7-9,12H,2-6,10,15H2,1H3. The largest absolute Gasteiger partial charge is 0.398 e. The molecule has 1 aliphatic rings. The van der Waals surface area contributed by atoms with Crippen LogP contribution >= 0.6 is 0 Å². The average Bonchev–Trinajstić information content (AvgIpc) is 2.91. The molecule has 1 saturated carbocycles. The summed E-state index contributed by atoms with van der Waals surface area (Å²) < 4.78 is 0. The molecule has 1 aromatic carbocycles. The molecule has 1 aromatic rings. The fourth-order valence-electron chi connectivity index (χ4n) is 2.83. The zero-order valence-electron chi connectivity index (χ0n) is 11.3. The first-order valence-electron chi connectivity index (χ1n) is 6.88. The highest BCUT2D eigenvalue weighted by Gasteiger charge is 2.22. The van der Waals surface area contributed by atoms with Gasteiger partial charge < -0.3 is 5.73 Å². The summed E-state index contributed by atoms with van der Waals surface area (Å²) >= 11 is 0. The van der Waals surface area contributed by atoms with Gasteiger partial charge in [-0.15, -0.1) is 0 Å². The van der Waals surface area contributed by atoms with Crippen molar-refractivity contribution < 1.29 is 4.92 Å². The molecule has 5 heteroatoms. The molecule has 19 heavy (non-hydrogen) atoms. The number of hydrogen-bond acceptors (Lipinski definition) is 4. The van der Waals surface area contributed by atoms with Crippen LogP contribution < -0.4 is 5.73 Å². The topological polar surface area (TPSA) is 72.4 Å². The summed E-state index contributed by atoms with van der Waals surface area (Å²) in [4.78, 5) is 12.8. The fourth-order valence-corrected chi connectivity index (χ4v) is 2.83. The monoisotopic (exact) mass is 263 g/mol. The SMILES string of the molecule is CCN(Cc1cc([N+](=O)[O-])ccc1N)C1CCCC1. The van der Waals surface area contributed by atoms with Crippen LogP contribution in [0.25, 0.3) is 0 Å². The first kappa shape index (κ1) is 13.8. The Morgan fingerprint density at radius 3 is 2.68 bits per heavy atom. The van der Waals surface area contributed by atoms with Crippen LogP contribution in [0.4, 0.5) is 11.4 Å². The molecule has 0 unspecified atom stereocenters. The molecule has 0 spiro atoms. The number of hydrogen-bond donors (Lipinski definition) is 1. The lowest BCUT2D eigenvalue weighted by molar-refractivity contribution is -0.384. The van der Waals surface area contributed by atoms with Crippen LogP contribution in [0.15, 0.2) is 18.2 Å². The molecule has 2 N–H and O–H groups in total. The van der Waals surface area contributed by atoms with Crippen molar-refractivity contribution in [2.24, 2.45) is 0 Å². The minimum absolute atomic E-state index is 0.117. The Morgan fingerprint density at radius 2 is 2.11 bits per heavy atom. The Balaban J connectivity index is 2.15. The molecule has 1 fully saturated rings. The van der Waals surface area contributed by atoms with E-state index >= 15 is 0 Å². The number of nitro benzene ring substituents is 1. The number of nitro groups is 1. The van der Waals surface area contributed by atoms with Gasteiger partial charge in [-0.3, -0.25) is 15.0 Å². The van der Waals surface area contributed by atoms with E-state index in [9.17, 15) is 10.1 Å². The van der Waals surface area contributed by atoms with E-state index in [0.717, 1.165) is 12.1 Å². The third-order valence-electron chi connectivity index (χ3n) is 3.96. The highest BCUT2D eigenvalue weighted by molar-refractivity contribution is 5.52. The van der Waals surface area contributed by atoms with Gasteiger partial charge in [0, 0.05) is 30.4 Å². The van der Waals surface area contributed by atoms with Crippen molar-refractivity contribution in [1.29, 1.82) is 0 Å². The van der Waals surface area contributed by atoms with Crippen molar-refractivity contribution in [2.45, 2.75) is 45.2 Å². The van der Waals surface area contributed by atoms with Crippen LogP contribution in [0.3, 0.4) is 0 Å². The van der Waals surface area contributed by atoms with Gasteiger partial charge in [-0.25, -0.2) is 0 Å². The van der Waals surface area contributed by atoms with Gasteiger partial charge in [0.15, 0.2) is 0 Å². The lowest BCUT2D eigenvalue weighted by Gasteiger charge is -2.27. The van der Waals surface area contributed by atoms with Gasteiger partial charge in [-0.2, -0.15) is 0 Å². The molecule has 0 atom stereocenters. The number of nitrogen functional groups attached to an aromatic ring is 1. The molecule has 5 nitrogen and oxygen atoms in total. The zero-order valence-corrected chi connectivity index (χ0v) is 11.3. The number of nitrogens with zero attached hydrogens (tertiary/aromatic N) is 2. The van der Waals surface area contributed by atoms with Crippen LogP contribution in [0.5, 0.6) is 0 Å². The van der Waals surface area contributed by atoms with Gasteiger partial charge in [0.1, 0.15) is 0 Å². The summed E-state index contributed by atoms with van der Waals surface area (Å²) in [6.45, 7) is 3.79. The van der Waals surface area contributed by atoms with Crippen LogP contribution in [0, 0.1) is 10.1 Å². The van der Waals surface area contributed by atoms with Crippen molar-refractivity contribution in [3.05, 3.63) is 33.9 Å². The summed E-state index contributed by atoms with van der Waals surface area (Å²) in [5, 5.41) is 10.8. The maximum Gasteiger partial charge on any atom is 0.269 e. The summed E-state index contributed by atoms with van der Waals surface area (Å²) in [7, 11) is 0. The van der Waals surface area contributed by atoms with Crippen molar-refractivity contribution >= 4 is 11.4 Å². The second-order valence-corrected chi connectivity index (χ2v) is 5.14. The van der Waals surface area contributed by atoms with E-state index in [1.807, 2.05) is 0 Å². The third kappa shape index (κ3) is 3.23. The molecule has 0 amide bonds. The van der Waals surface area contributed by atoms with E-state index in [4.69, 9.17) is 5.73 Å². The summed E-state index contributed by atoms with van der Waals surface area (Å²) in [5.41, 5.74) is 7.56. The summed E-state index contributed by atoms with van der Waals surface area (Å²) in [6.07, 6.45) is 5.02. The maximum atomic E-state index is 10.8. The number of anilines is 1. The van der Waals surface area contributed by atoms with Crippen LogP contribution in [0.1, 0.15) is 38.2 Å². The van der Waals surface area contributed by atoms with Crippen molar-refractivity contribution in [3.63, 3.8) is 0 Å². The highest BCUT2D eigenvalue weighted by atomic mass is 16.6. The van der Waals surface area contributed by atoms with Gasteiger partial charge in [0.05, 0.1) is 4.92 Å². The lowest BCUT2D eigenvalue weighted by atomic mass is 10.1. The molecule has 0 bridgehead atoms. The Kier molecular flexibility index (Phi) is 4.37. The van der Waals surface area contributed by atoms with Crippen LogP contribution in [-0.4, -0.2) is 22.4 Å². The quantitative estimate of drug-likeness (QED) is 0.503. The summed E-state index contributed by atoms with van der Waals surface area (Å²) in [5.74, 6) is 0. The fraction of sp³-hybridized carbons (Fsp3) is 0.571. The molecule has 2 rings (SSSR count). The number of rotatable bonds is 5. The molecule has 0 saturated heterocycles. The number of non-ortho nitro benzene ring substituents is 1. The summed E-state index contributed by atoms with van der Waals surface area (Å²) in [6, 6.07) is 5.30. The molecule has 0 radical (unpaired) electrons. The van der Waals surface area contributed by atoms with Crippen molar-refractivity contribution in [1.82, 2.24) is 4.90 Å². The molecule has 0 aliphatic heterocycles. The van der Waals surface area contributed by atoms with Crippen molar-refractivity contribution in [3.8, 4) is 0 Å². The van der Waals surface area contributed by atoms with Gasteiger partial charge in [0.2, 0.25) is 0 Å². The Morgan fingerprint density at radius 1 is 1.42 bits per heavy atom. The lowest BCUT2D eigenvalue weighted by Crippen LogP contribution is -2.32. The first-order valence-corrected chi connectivity index (χ1v) is 6.88. The van der Waals surface area contributed by atoms with Gasteiger partial charge in [-0.1, -0.05) is 19.8 Å². The smallest absolute Gasteiger partial charge is 0.269 e. The van der Waals surface area contributed by atoms with Crippen LogP contribution in [0.2, 0.25) is 0 Å². The number of nitrogens with two attached hydrogens (primary N) is 1. The Labute approximate surface area is 113 Å². The predicted molar refractivity (Wildman–Crippen MR) is 75.8 cm³/mol. The molecule has 0 aromatic heterocycles. The normalized spacial score (nSPS) is 16.1. The third-order valence-corrected chi connectivity index (χ3v) is 3.96. The molecule has 0 heterocycles. The zero-order chi connectivity index (χ0) is 13.8. The molecular weight excluding hydrogens is 242 g/mol. The van der Waals surface area contributed by atoms with Crippen LogP contribution in [-0.2, 0) is 6.54 Å². The number of benzene rings is 1. The Hall–Kier alpha value is -1.62. The van der Waals surface area contributed by atoms with Gasteiger partial charge in [0.25, 0.3) is 5.69 Å². The Bertz CT molecular complexity index is 456. The van der Waals surface area contributed by atoms with E-state index in [2.05, 4.69) is 11.8 Å². The minimum atomic E-state index is -0.366. The van der Waals surface area contributed by atoms with Gasteiger partial charge >= 0.3 is 0 Å². The van der Waals surface area contributed by atoms with E-state index in [1.54, 1.807) is 12.1 Å². The molecule has 1 aliphatic carbocycles. The maximum absolute atomic E-state index is 10.8. The molecular formula is C14H21N3O2. The van der Waals surface area contributed by atoms with E-state index in [1.165, 1.54) is 31.7 Å².